The zero-order chi connectivity index (χ0) is 31.4. The quantitative estimate of drug-likeness (QED) is 0.0548. The van der Waals surface area contributed by atoms with Gasteiger partial charge < -0.3 is 9.80 Å². The van der Waals surface area contributed by atoms with Crippen LogP contribution in [0.3, 0.4) is 0 Å². The Labute approximate surface area is 261 Å². The van der Waals surface area contributed by atoms with Gasteiger partial charge in [0.05, 0.1) is 11.5 Å². The molecule has 0 radical (unpaired) electrons. The van der Waals surface area contributed by atoms with Crippen molar-refractivity contribution in [1.82, 2.24) is 9.80 Å². The fourth-order valence-electron chi connectivity index (χ4n) is 5.48. The second kappa shape index (κ2) is 28.2. The number of hydrogen-bond acceptors (Lipinski definition) is 6. The Balaban J connectivity index is 4.37. The highest BCUT2D eigenvalue weighted by Crippen LogP contribution is 2.13. The van der Waals surface area contributed by atoms with E-state index >= 15 is 0 Å². The second-order valence-corrected chi connectivity index (χ2v) is 15.5. The minimum atomic E-state index is -3.99. The first kappa shape index (κ1) is 41.7. The van der Waals surface area contributed by atoms with Gasteiger partial charge >= 0.3 is 0 Å². The molecule has 0 saturated carbocycles. The lowest BCUT2D eigenvalue weighted by atomic mass is 10.1. The molecule has 0 aromatic heterocycles. The predicted octanol–water partition coefficient (Wildman–Crippen LogP) is 7.99. The van der Waals surface area contributed by atoms with Crippen molar-refractivity contribution >= 4 is 20.2 Å². The van der Waals surface area contributed by atoms with Crippen molar-refractivity contribution in [2.75, 3.05) is 50.8 Å². The number of nitrogens with zero attached hydrogens (tertiary/aromatic N) is 2. The van der Waals surface area contributed by atoms with Crippen LogP contribution in [0.15, 0.2) is 0 Å². The Hall–Kier alpha value is -0.260. The van der Waals surface area contributed by atoms with E-state index in [1.807, 2.05) is 0 Å². The molecule has 0 heterocycles. The lowest BCUT2D eigenvalue weighted by molar-refractivity contribution is 0.246. The summed E-state index contributed by atoms with van der Waals surface area (Å²) >= 11 is 0. The molecule has 0 aliphatic carbocycles. The third-order valence-corrected chi connectivity index (χ3v) is 9.58. The van der Waals surface area contributed by atoms with Gasteiger partial charge in [-0.3, -0.25) is 9.11 Å². The van der Waals surface area contributed by atoms with Crippen LogP contribution in [-0.2, 0) is 20.2 Å². The highest BCUT2D eigenvalue weighted by molar-refractivity contribution is 7.86. The van der Waals surface area contributed by atoms with Gasteiger partial charge in [-0.2, -0.15) is 16.8 Å². The standard InChI is InChI=1S/C32H68N2O6S2/c1-3-5-7-9-11-13-15-17-19-21-25-33(29-31-41(35,36)37)27-23-24-28-34(30-32-42(38,39)40)26-22-20-18-16-14-12-10-8-6-4-2/h3-32H2,1-2H3,(H,35,36,37)(H,38,39,40). The molecule has 0 fully saturated rings. The molecule has 0 unspecified atom stereocenters. The third-order valence-electron chi connectivity index (χ3n) is 8.19. The first-order valence-corrected chi connectivity index (χ1v) is 20.6. The Morgan fingerprint density at radius 2 is 0.571 bits per heavy atom. The van der Waals surface area contributed by atoms with E-state index in [2.05, 4.69) is 23.6 Å². The average Bonchev–Trinajstić information content (AvgIpc) is 2.92. The van der Waals surface area contributed by atoms with Crippen LogP contribution in [0.5, 0.6) is 0 Å². The van der Waals surface area contributed by atoms with Gasteiger partial charge in [0.15, 0.2) is 0 Å². The van der Waals surface area contributed by atoms with Crippen LogP contribution in [-0.4, -0.2) is 86.5 Å². The molecule has 0 saturated heterocycles. The van der Waals surface area contributed by atoms with Gasteiger partial charge in [-0.15, -0.1) is 0 Å². The maximum atomic E-state index is 11.3. The van der Waals surface area contributed by atoms with Gasteiger partial charge in [0, 0.05) is 13.1 Å². The molecule has 10 heteroatoms. The zero-order valence-electron chi connectivity index (χ0n) is 27.5. The van der Waals surface area contributed by atoms with Gasteiger partial charge in [0.2, 0.25) is 0 Å². The van der Waals surface area contributed by atoms with Crippen molar-refractivity contribution in [2.45, 2.75) is 155 Å². The lowest BCUT2D eigenvalue weighted by Gasteiger charge is -2.24. The fraction of sp³-hybridized carbons (Fsp3) is 1.00. The van der Waals surface area contributed by atoms with Gasteiger partial charge in [-0.25, -0.2) is 0 Å². The monoisotopic (exact) mass is 640 g/mol. The van der Waals surface area contributed by atoms with E-state index in [0.717, 1.165) is 64.7 Å². The summed E-state index contributed by atoms with van der Waals surface area (Å²) in [5.74, 6) is -0.492. The van der Waals surface area contributed by atoms with Crippen molar-refractivity contribution in [2.24, 2.45) is 0 Å². The molecule has 8 nitrogen and oxygen atoms in total. The Kier molecular flexibility index (Phi) is 28.1. The average molecular weight is 641 g/mol. The van der Waals surface area contributed by atoms with Crippen LogP contribution in [0, 0.1) is 0 Å². The molecule has 42 heavy (non-hydrogen) atoms. The first-order valence-electron chi connectivity index (χ1n) is 17.4. The highest BCUT2D eigenvalue weighted by atomic mass is 32.2. The van der Waals surface area contributed by atoms with E-state index in [0.29, 0.717) is 13.1 Å². The van der Waals surface area contributed by atoms with Crippen LogP contribution in [0.1, 0.15) is 155 Å². The van der Waals surface area contributed by atoms with Crippen LogP contribution in [0.2, 0.25) is 0 Å². The van der Waals surface area contributed by atoms with E-state index in [-0.39, 0.29) is 11.5 Å². The molecule has 0 aliphatic rings. The molecule has 0 spiro atoms. The topological polar surface area (TPSA) is 115 Å². The summed E-state index contributed by atoms with van der Waals surface area (Å²) in [7, 11) is -7.98. The minimum absolute atomic E-state index is 0.246. The maximum Gasteiger partial charge on any atom is 0.266 e. The molecular weight excluding hydrogens is 572 g/mol. The smallest absolute Gasteiger partial charge is 0.266 e. The van der Waals surface area contributed by atoms with Gasteiger partial charge in [-0.05, 0) is 51.9 Å². The summed E-state index contributed by atoms with van der Waals surface area (Å²) in [6.07, 6.45) is 26.8. The Morgan fingerprint density at radius 1 is 0.357 bits per heavy atom. The number of rotatable bonds is 33. The second-order valence-electron chi connectivity index (χ2n) is 12.3. The number of unbranched alkanes of at least 4 members (excludes halogenated alkanes) is 19. The van der Waals surface area contributed by atoms with Gasteiger partial charge in [0.25, 0.3) is 20.2 Å². The summed E-state index contributed by atoms with van der Waals surface area (Å²) in [4.78, 5) is 4.28. The molecule has 0 rings (SSSR count). The van der Waals surface area contributed by atoms with E-state index in [9.17, 15) is 25.9 Å². The molecular formula is C32H68N2O6S2. The van der Waals surface area contributed by atoms with Crippen LogP contribution < -0.4 is 0 Å². The summed E-state index contributed by atoms with van der Waals surface area (Å²) < 4.78 is 63.8. The normalized spacial score (nSPS) is 12.6. The molecule has 0 amide bonds. The van der Waals surface area contributed by atoms with Crippen molar-refractivity contribution in [3.8, 4) is 0 Å². The van der Waals surface area contributed by atoms with Crippen molar-refractivity contribution in [3.05, 3.63) is 0 Å². The molecule has 0 aliphatic heterocycles. The molecule has 0 aromatic rings. The van der Waals surface area contributed by atoms with Crippen LogP contribution in [0.25, 0.3) is 0 Å². The maximum absolute atomic E-state index is 11.3. The molecule has 0 aromatic carbocycles. The van der Waals surface area contributed by atoms with Gasteiger partial charge in [0.1, 0.15) is 0 Å². The van der Waals surface area contributed by atoms with Crippen LogP contribution in [0.4, 0.5) is 0 Å². The van der Waals surface area contributed by atoms with Crippen molar-refractivity contribution in [1.29, 1.82) is 0 Å². The highest BCUT2D eigenvalue weighted by Gasteiger charge is 2.13. The SMILES string of the molecule is CCCCCCCCCCCCN(CCCCN(CCCCCCCCCCCC)CCS(=O)(=O)O)CCS(=O)(=O)O. The summed E-state index contributed by atoms with van der Waals surface area (Å²) in [5.41, 5.74) is 0. The predicted molar refractivity (Wildman–Crippen MR) is 179 cm³/mol. The van der Waals surface area contributed by atoms with E-state index in [1.54, 1.807) is 0 Å². The lowest BCUT2D eigenvalue weighted by Crippen LogP contribution is -2.33. The van der Waals surface area contributed by atoms with Crippen molar-refractivity contribution in [3.63, 3.8) is 0 Å². The van der Waals surface area contributed by atoms with Crippen LogP contribution >= 0.6 is 0 Å². The zero-order valence-corrected chi connectivity index (χ0v) is 29.1. The van der Waals surface area contributed by atoms with E-state index in [4.69, 9.17) is 0 Å². The molecule has 254 valence electrons. The van der Waals surface area contributed by atoms with E-state index in [1.165, 1.54) is 103 Å². The number of hydrogen-bond donors (Lipinski definition) is 2. The Morgan fingerprint density at radius 3 is 0.810 bits per heavy atom. The summed E-state index contributed by atoms with van der Waals surface area (Å²) in [6.45, 7) is 8.33. The molecule has 0 atom stereocenters. The van der Waals surface area contributed by atoms with Crippen molar-refractivity contribution < 1.29 is 25.9 Å². The van der Waals surface area contributed by atoms with Gasteiger partial charge in [-0.1, -0.05) is 129 Å². The fourth-order valence-corrected chi connectivity index (χ4v) is 6.45. The molecule has 2 N–H and O–H groups in total. The summed E-state index contributed by atoms with van der Waals surface area (Å²) in [6, 6.07) is 0. The third kappa shape index (κ3) is 32.6. The Bertz CT molecular complexity index is 727. The minimum Gasteiger partial charge on any atom is -0.302 e. The summed E-state index contributed by atoms with van der Waals surface area (Å²) in [5, 5.41) is 0. The molecule has 0 bridgehead atoms. The first-order chi connectivity index (χ1) is 20.1. The van der Waals surface area contributed by atoms with E-state index < -0.39 is 20.2 Å². The largest absolute Gasteiger partial charge is 0.302 e.